The second-order valence-electron chi connectivity index (χ2n) is 6.71. The number of hydrogen-bond donors (Lipinski definition) is 0. The van der Waals surface area contributed by atoms with Crippen LogP contribution in [0.15, 0.2) is 30.3 Å². The SMILES string of the molecule is O=C1[C@@H]2CCN(C3CCC3)C[C@@H]2OCCN1c1ccccc1. The minimum absolute atomic E-state index is 0.0269. The van der Waals surface area contributed by atoms with Gasteiger partial charge >= 0.3 is 0 Å². The van der Waals surface area contributed by atoms with Crippen molar-refractivity contribution in [3.05, 3.63) is 30.3 Å². The molecule has 2 aliphatic heterocycles. The minimum Gasteiger partial charge on any atom is -0.374 e. The standard InChI is InChI=1S/C18H24N2O2/c21-18-16-9-10-19(14-7-4-8-14)13-17(16)22-12-11-20(18)15-5-2-1-3-6-15/h1-3,5-6,14,16-17H,4,7-13H2/t16-,17+/m1/s1. The molecule has 0 N–H and O–H groups in total. The monoisotopic (exact) mass is 300 g/mol. The fourth-order valence-corrected chi connectivity index (χ4v) is 3.95. The molecule has 0 spiro atoms. The molecule has 4 rings (SSSR count). The number of fused-ring (bicyclic) bond motifs is 1. The molecule has 1 aromatic carbocycles. The Morgan fingerprint density at radius 2 is 1.86 bits per heavy atom. The Morgan fingerprint density at radius 3 is 2.59 bits per heavy atom. The molecule has 3 fully saturated rings. The number of para-hydroxylation sites is 1. The molecule has 4 nitrogen and oxygen atoms in total. The van der Waals surface area contributed by atoms with E-state index < -0.39 is 0 Å². The summed E-state index contributed by atoms with van der Waals surface area (Å²) in [5.41, 5.74) is 0.998. The van der Waals surface area contributed by atoms with Crippen LogP contribution >= 0.6 is 0 Å². The van der Waals surface area contributed by atoms with E-state index in [9.17, 15) is 4.79 Å². The molecule has 0 radical (unpaired) electrons. The molecule has 1 aliphatic carbocycles. The highest BCUT2D eigenvalue weighted by molar-refractivity contribution is 5.95. The highest BCUT2D eigenvalue weighted by atomic mass is 16.5. The fraction of sp³-hybridized carbons (Fsp3) is 0.611. The molecule has 22 heavy (non-hydrogen) atoms. The molecule has 3 aliphatic rings. The summed E-state index contributed by atoms with van der Waals surface area (Å²) < 4.78 is 6.07. The van der Waals surface area contributed by atoms with E-state index in [1.807, 2.05) is 35.2 Å². The molecular weight excluding hydrogens is 276 g/mol. The van der Waals surface area contributed by atoms with Gasteiger partial charge in [-0.2, -0.15) is 0 Å². The van der Waals surface area contributed by atoms with Gasteiger partial charge in [0, 0.05) is 24.8 Å². The molecular formula is C18H24N2O2. The first-order valence-electron chi connectivity index (χ1n) is 8.55. The fourth-order valence-electron chi connectivity index (χ4n) is 3.95. The Hall–Kier alpha value is -1.39. The average molecular weight is 300 g/mol. The van der Waals surface area contributed by atoms with Crippen LogP contribution in [0.25, 0.3) is 0 Å². The Labute approximate surface area is 132 Å². The van der Waals surface area contributed by atoms with Gasteiger partial charge in [0.25, 0.3) is 0 Å². The van der Waals surface area contributed by atoms with Crippen LogP contribution in [0.1, 0.15) is 25.7 Å². The number of carbonyl (C=O) groups is 1. The van der Waals surface area contributed by atoms with Crippen LogP contribution < -0.4 is 4.90 Å². The third kappa shape index (κ3) is 2.55. The summed E-state index contributed by atoms with van der Waals surface area (Å²) in [4.78, 5) is 17.4. The van der Waals surface area contributed by atoms with Crippen LogP contribution in [0, 0.1) is 5.92 Å². The van der Waals surface area contributed by atoms with Crippen molar-refractivity contribution < 1.29 is 9.53 Å². The van der Waals surface area contributed by atoms with Crippen molar-refractivity contribution in [2.45, 2.75) is 37.8 Å². The van der Waals surface area contributed by atoms with E-state index in [0.717, 1.165) is 31.2 Å². The van der Waals surface area contributed by atoms with Gasteiger partial charge in [-0.25, -0.2) is 0 Å². The molecule has 1 amide bonds. The maximum atomic E-state index is 13.0. The first-order chi connectivity index (χ1) is 10.8. The zero-order chi connectivity index (χ0) is 14.9. The van der Waals surface area contributed by atoms with Crippen LogP contribution in [-0.4, -0.2) is 49.2 Å². The van der Waals surface area contributed by atoms with E-state index in [4.69, 9.17) is 4.74 Å². The van der Waals surface area contributed by atoms with Gasteiger partial charge in [0.2, 0.25) is 5.91 Å². The Bertz CT molecular complexity index is 529. The Balaban J connectivity index is 1.50. The van der Waals surface area contributed by atoms with Crippen molar-refractivity contribution >= 4 is 11.6 Å². The van der Waals surface area contributed by atoms with E-state index in [-0.39, 0.29) is 17.9 Å². The number of amides is 1. The Morgan fingerprint density at radius 1 is 1.05 bits per heavy atom. The van der Waals surface area contributed by atoms with Gasteiger partial charge in [-0.1, -0.05) is 24.6 Å². The van der Waals surface area contributed by atoms with Crippen molar-refractivity contribution in [1.29, 1.82) is 0 Å². The number of carbonyl (C=O) groups excluding carboxylic acids is 1. The molecule has 2 heterocycles. The molecule has 4 heteroatoms. The van der Waals surface area contributed by atoms with Gasteiger partial charge in [0.1, 0.15) is 0 Å². The second-order valence-corrected chi connectivity index (χ2v) is 6.71. The lowest BCUT2D eigenvalue weighted by atomic mass is 9.86. The number of anilines is 1. The van der Waals surface area contributed by atoms with E-state index in [1.165, 1.54) is 19.3 Å². The van der Waals surface area contributed by atoms with Crippen LogP contribution in [0.5, 0.6) is 0 Å². The lowest BCUT2D eigenvalue weighted by Crippen LogP contribution is -2.53. The number of likely N-dealkylation sites (tertiary alicyclic amines) is 1. The number of benzene rings is 1. The molecule has 2 saturated heterocycles. The number of rotatable bonds is 2. The van der Waals surface area contributed by atoms with E-state index >= 15 is 0 Å². The zero-order valence-corrected chi connectivity index (χ0v) is 13.0. The third-order valence-electron chi connectivity index (χ3n) is 5.48. The van der Waals surface area contributed by atoms with Gasteiger partial charge in [-0.3, -0.25) is 9.69 Å². The highest BCUT2D eigenvalue weighted by Gasteiger charge is 2.41. The number of nitrogens with zero attached hydrogens (tertiary/aromatic N) is 2. The maximum absolute atomic E-state index is 13.0. The zero-order valence-electron chi connectivity index (χ0n) is 13.0. The summed E-state index contributed by atoms with van der Waals surface area (Å²) in [6, 6.07) is 10.7. The summed E-state index contributed by atoms with van der Waals surface area (Å²) >= 11 is 0. The smallest absolute Gasteiger partial charge is 0.232 e. The van der Waals surface area contributed by atoms with Crippen LogP contribution in [0.2, 0.25) is 0 Å². The largest absolute Gasteiger partial charge is 0.374 e. The quantitative estimate of drug-likeness (QED) is 0.840. The van der Waals surface area contributed by atoms with Crippen LogP contribution in [-0.2, 0) is 9.53 Å². The van der Waals surface area contributed by atoms with Crippen molar-refractivity contribution in [2.24, 2.45) is 5.92 Å². The molecule has 118 valence electrons. The lowest BCUT2D eigenvalue weighted by Gasteiger charge is -2.44. The minimum atomic E-state index is 0.0269. The summed E-state index contributed by atoms with van der Waals surface area (Å²) in [5.74, 6) is 0.279. The van der Waals surface area contributed by atoms with Gasteiger partial charge in [0.15, 0.2) is 0 Å². The molecule has 2 atom stereocenters. The molecule has 0 unspecified atom stereocenters. The van der Waals surface area contributed by atoms with Crippen molar-refractivity contribution in [2.75, 3.05) is 31.1 Å². The van der Waals surface area contributed by atoms with Gasteiger partial charge in [0.05, 0.1) is 18.6 Å². The predicted octanol–water partition coefficient (Wildman–Crippen LogP) is 2.29. The molecule has 0 aromatic heterocycles. The van der Waals surface area contributed by atoms with Crippen LogP contribution in [0.3, 0.4) is 0 Å². The molecule has 0 bridgehead atoms. The first-order valence-corrected chi connectivity index (χ1v) is 8.55. The third-order valence-corrected chi connectivity index (χ3v) is 5.48. The lowest BCUT2D eigenvalue weighted by molar-refractivity contribution is -0.129. The number of piperidine rings is 1. The van der Waals surface area contributed by atoms with Crippen molar-refractivity contribution in [3.63, 3.8) is 0 Å². The van der Waals surface area contributed by atoms with Gasteiger partial charge in [-0.05, 0) is 37.9 Å². The van der Waals surface area contributed by atoms with Crippen molar-refractivity contribution in [3.8, 4) is 0 Å². The number of hydrogen-bond acceptors (Lipinski definition) is 3. The van der Waals surface area contributed by atoms with Crippen LogP contribution in [0.4, 0.5) is 5.69 Å². The summed E-state index contributed by atoms with van der Waals surface area (Å²) in [7, 11) is 0. The summed E-state index contributed by atoms with van der Waals surface area (Å²) in [6.07, 6.45) is 5.01. The normalized spacial score (nSPS) is 30.5. The van der Waals surface area contributed by atoms with Gasteiger partial charge in [-0.15, -0.1) is 0 Å². The second kappa shape index (κ2) is 6.01. The average Bonchev–Trinajstić information content (AvgIpc) is 2.66. The van der Waals surface area contributed by atoms with E-state index in [0.29, 0.717) is 13.2 Å². The Kier molecular flexibility index (Phi) is 3.89. The van der Waals surface area contributed by atoms with Crippen molar-refractivity contribution in [1.82, 2.24) is 4.90 Å². The first kappa shape index (κ1) is 14.2. The van der Waals surface area contributed by atoms with Gasteiger partial charge < -0.3 is 9.64 Å². The topological polar surface area (TPSA) is 32.8 Å². The van der Waals surface area contributed by atoms with E-state index in [2.05, 4.69) is 4.90 Å². The molecule has 1 aromatic rings. The predicted molar refractivity (Wildman–Crippen MR) is 85.9 cm³/mol. The maximum Gasteiger partial charge on any atom is 0.232 e. The summed E-state index contributed by atoms with van der Waals surface area (Å²) in [6.45, 7) is 3.28. The summed E-state index contributed by atoms with van der Waals surface area (Å²) in [5, 5.41) is 0. The van der Waals surface area contributed by atoms with E-state index in [1.54, 1.807) is 0 Å². The number of ether oxygens (including phenoxy) is 1. The molecule has 1 saturated carbocycles. The highest BCUT2D eigenvalue weighted by Crippen LogP contribution is 2.32.